The number of piperidine rings is 1. The van der Waals surface area contributed by atoms with Crippen molar-refractivity contribution in [3.63, 3.8) is 0 Å². The fraction of sp³-hybridized carbons (Fsp3) is 0.553. The van der Waals surface area contributed by atoms with Crippen LogP contribution in [0.15, 0.2) is 67.3 Å². The quantitative estimate of drug-likeness (QED) is 0.331. The van der Waals surface area contributed by atoms with Crippen molar-refractivity contribution in [2.24, 2.45) is 5.92 Å². The lowest BCUT2D eigenvalue weighted by atomic mass is 9.83. The molecule has 7 nitrogen and oxygen atoms in total. The Hall–Kier alpha value is -3.47. The van der Waals surface area contributed by atoms with E-state index in [0.29, 0.717) is 29.9 Å². The summed E-state index contributed by atoms with van der Waals surface area (Å²) in [6.45, 7) is 12.0. The van der Waals surface area contributed by atoms with Crippen LogP contribution in [0.2, 0.25) is 0 Å². The van der Waals surface area contributed by atoms with Crippen molar-refractivity contribution >= 4 is 11.9 Å². The van der Waals surface area contributed by atoms with Gasteiger partial charge in [-0.3, -0.25) is 14.5 Å². The van der Waals surface area contributed by atoms with Crippen molar-refractivity contribution in [1.82, 2.24) is 14.7 Å². The Labute approximate surface area is 271 Å². The fourth-order valence-electron chi connectivity index (χ4n) is 7.06. The lowest BCUT2D eigenvalue weighted by Crippen LogP contribution is -2.46. The number of carboxylic acids is 1. The van der Waals surface area contributed by atoms with E-state index in [1.54, 1.807) is 18.2 Å². The van der Waals surface area contributed by atoms with Crippen LogP contribution in [0.3, 0.4) is 0 Å². The fourth-order valence-corrected chi connectivity index (χ4v) is 7.06. The molecule has 0 unspecified atom stereocenters. The van der Waals surface area contributed by atoms with Crippen LogP contribution in [0, 0.1) is 17.2 Å². The highest BCUT2D eigenvalue weighted by molar-refractivity contribution is 5.79. The summed E-state index contributed by atoms with van der Waals surface area (Å²) in [4.78, 5) is 30.9. The van der Waals surface area contributed by atoms with E-state index in [4.69, 9.17) is 5.26 Å². The summed E-state index contributed by atoms with van der Waals surface area (Å²) in [6, 6.07) is 20.0. The first-order valence-corrected chi connectivity index (χ1v) is 16.9. The SMILES string of the molecule is C=CC.CCN(C(=O)Cc1ccc(C#N)cc1)C1CCN(C)CC1.O=C(O)[C@@H](C1CCCCC1)N1CC[C@@H](c2ccccc2)C1. The maximum Gasteiger partial charge on any atom is 0.321 e. The zero-order valence-corrected chi connectivity index (χ0v) is 27.7. The van der Waals surface area contributed by atoms with E-state index in [0.717, 1.165) is 70.4 Å². The zero-order chi connectivity index (χ0) is 32.6. The molecule has 0 aromatic heterocycles. The van der Waals surface area contributed by atoms with E-state index < -0.39 is 5.97 Å². The number of rotatable bonds is 8. The number of carbonyl (C=O) groups is 2. The number of nitriles is 1. The maximum atomic E-state index is 12.5. The average Bonchev–Trinajstić information content (AvgIpc) is 3.54. The van der Waals surface area contributed by atoms with Crippen LogP contribution in [-0.4, -0.2) is 83.5 Å². The molecule has 1 N–H and O–H groups in total. The molecular weight excluding hydrogens is 560 g/mol. The zero-order valence-electron chi connectivity index (χ0n) is 27.7. The summed E-state index contributed by atoms with van der Waals surface area (Å²) < 4.78 is 0. The molecule has 3 aliphatic rings. The summed E-state index contributed by atoms with van der Waals surface area (Å²) in [6.07, 6.45) is 11.2. The van der Waals surface area contributed by atoms with Gasteiger partial charge in [0.25, 0.3) is 0 Å². The van der Waals surface area contributed by atoms with Crippen molar-refractivity contribution in [3.8, 4) is 6.07 Å². The Morgan fingerprint density at radius 2 is 1.62 bits per heavy atom. The van der Waals surface area contributed by atoms with Crippen molar-refractivity contribution in [3.05, 3.63) is 83.9 Å². The predicted molar refractivity (Wildman–Crippen MR) is 182 cm³/mol. The van der Waals surface area contributed by atoms with Gasteiger partial charge in [0, 0.05) is 19.1 Å². The number of allylic oxidation sites excluding steroid dienone is 1. The van der Waals surface area contributed by atoms with E-state index in [9.17, 15) is 14.7 Å². The highest BCUT2D eigenvalue weighted by Gasteiger charge is 2.38. The molecule has 1 aliphatic carbocycles. The number of amides is 1. The van der Waals surface area contributed by atoms with Gasteiger partial charge in [0.2, 0.25) is 5.91 Å². The predicted octanol–water partition coefficient (Wildman–Crippen LogP) is 6.75. The highest BCUT2D eigenvalue weighted by Crippen LogP contribution is 2.34. The second kappa shape index (κ2) is 19.1. The summed E-state index contributed by atoms with van der Waals surface area (Å²) in [5.41, 5.74) is 2.96. The molecule has 2 aliphatic heterocycles. The minimum Gasteiger partial charge on any atom is -0.480 e. The normalized spacial score (nSPS) is 20.0. The molecule has 2 aromatic carbocycles. The van der Waals surface area contributed by atoms with E-state index in [2.05, 4.69) is 60.7 Å². The van der Waals surface area contributed by atoms with Crippen LogP contribution in [0.1, 0.15) is 87.8 Å². The average molecular weight is 615 g/mol. The number of hydrogen-bond donors (Lipinski definition) is 1. The summed E-state index contributed by atoms with van der Waals surface area (Å²) in [7, 11) is 2.13. The molecule has 2 aromatic rings. The second-order valence-electron chi connectivity index (χ2n) is 12.7. The largest absolute Gasteiger partial charge is 0.480 e. The van der Waals surface area contributed by atoms with E-state index >= 15 is 0 Å². The third-order valence-electron chi connectivity index (χ3n) is 9.46. The molecule has 0 radical (unpaired) electrons. The van der Waals surface area contributed by atoms with Gasteiger partial charge in [-0.1, -0.05) is 67.8 Å². The third-order valence-corrected chi connectivity index (χ3v) is 9.46. The minimum absolute atomic E-state index is 0.191. The van der Waals surface area contributed by atoms with E-state index in [1.807, 2.05) is 30.0 Å². The van der Waals surface area contributed by atoms with Gasteiger partial charge in [0.1, 0.15) is 6.04 Å². The van der Waals surface area contributed by atoms with Gasteiger partial charge in [-0.05, 0) is 108 Å². The van der Waals surface area contributed by atoms with Crippen molar-refractivity contribution < 1.29 is 14.7 Å². The maximum absolute atomic E-state index is 12.5. The lowest BCUT2D eigenvalue weighted by Gasteiger charge is -2.37. The van der Waals surface area contributed by atoms with Crippen LogP contribution in [0.25, 0.3) is 0 Å². The number of likely N-dealkylation sites (tertiary alicyclic amines) is 2. The van der Waals surface area contributed by atoms with Crippen LogP contribution in [0.5, 0.6) is 0 Å². The molecular formula is C38H54N4O3. The number of aliphatic carboxylic acids is 1. The Morgan fingerprint density at radius 1 is 1.00 bits per heavy atom. The highest BCUT2D eigenvalue weighted by atomic mass is 16.4. The molecule has 0 bridgehead atoms. The summed E-state index contributed by atoms with van der Waals surface area (Å²) in [5.74, 6) is 0.426. The summed E-state index contributed by atoms with van der Waals surface area (Å²) in [5, 5.41) is 18.5. The van der Waals surface area contributed by atoms with Gasteiger partial charge in [-0.2, -0.15) is 5.26 Å². The first-order chi connectivity index (χ1) is 21.8. The first-order valence-electron chi connectivity index (χ1n) is 16.9. The van der Waals surface area contributed by atoms with Gasteiger partial charge in [-0.25, -0.2) is 0 Å². The Bertz CT molecular complexity index is 1210. The molecule has 3 fully saturated rings. The molecule has 45 heavy (non-hydrogen) atoms. The number of nitrogens with zero attached hydrogens (tertiary/aromatic N) is 4. The minimum atomic E-state index is -0.615. The van der Waals surface area contributed by atoms with Crippen molar-refractivity contribution in [2.45, 2.75) is 89.6 Å². The van der Waals surface area contributed by atoms with E-state index in [1.165, 1.54) is 24.8 Å². The number of carboxylic acid groups (broad SMARTS) is 1. The Kier molecular flexibility index (Phi) is 15.3. The van der Waals surface area contributed by atoms with Gasteiger partial charge in [-0.15, -0.1) is 6.58 Å². The Morgan fingerprint density at radius 3 is 2.18 bits per heavy atom. The second-order valence-corrected chi connectivity index (χ2v) is 12.7. The topological polar surface area (TPSA) is 87.9 Å². The number of carbonyl (C=O) groups excluding carboxylic acids is 1. The third kappa shape index (κ3) is 11.1. The molecule has 0 spiro atoms. The van der Waals surface area contributed by atoms with Crippen molar-refractivity contribution in [2.75, 3.05) is 39.8 Å². The van der Waals surface area contributed by atoms with Crippen LogP contribution in [0.4, 0.5) is 0 Å². The number of benzene rings is 2. The van der Waals surface area contributed by atoms with Crippen LogP contribution >= 0.6 is 0 Å². The molecule has 7 heteroatoms. The molecule has 5 rings (SSSR count). The Balaban J connectivity index is 0.000000226. The lowest BCUT2D eigenvalue weighted by molar-refractivity contribution is -0.145. The van der Waals surface area contributed by atoms with Gasteiger partial charge >= 0.3 is 5.97 Å². The van der Waals surface area contributed by atoms with Gasteiger partial charge < -0.3 is 14.9 Å². The number of likely N-dealkylation sites (N-methyl/N-ethyl adjacent to an activating group) is 1. The number of hydrogen-bond acceptors (Lipinski definition) is 5. The molecule has 2 heterocycles. The monoisotopic (exact) mass is 614 g/mol. The molecule has 2 atom stereocenters. The molecule has 1 amide bonds. The standard InChI is InChI=1S/C18H25NO2.C17H23N3O.C3H6/c20-18(21)17(15-9-5-2-6-10-15)19-12-11-16(13-19)14-7-3-1-4-8-14;1-3-20(16-8-10-19(2)11-9-16)17(21)12-14-4-6-15(13-18)7-5-14;1-3-2/h1,3-4,7-8,15-17H,2,5-6,9-13H2,(H,20,21);4-7,16H,3,8-12H2,1-2H3;3H,1H2,2H3/t16-,17-;;/m1../s1. The first kappa shape index (κ1) is 36.0. The van der Waals surface area contributed by atoms with Crippen LogP contribution < -0.4 is 0 Å². The molecule has 244 valence electrons. The smallest absolute Gasteiger partial charge is 0.321 e. The van der Waals surface area contributed by atoms with Crippen LogP contribution in [-0.2, 0) is 16.0 Å². The molecule has 2 saturated heterocycles. The van der Waals surface area contributed by atoms with Gasteiger partial charge in [0.05, 0.1) is 18.1 Å². The van der Waals surface area contributed by atoms with Gasteiger partial charge in [0.15, 0.2) is 0 Å². The molecule has 1 saturated carbocycles. The van der Waals surface area contributed by atoms with Crippen molar-refractivity contribution in [1.29, 1.82) is 5.26 Å². The summed E-state index contributed by atoms with van der Waals surface area (Å²) >= 11 is 0. The van der Waals surface area contributed by atoms with E-state index in [-0.39, 0.29) is 11.9 Å².